The predicted molar refractivity (Wildman–Crippen MR) is 104 cm³/mol. The van der Waals surface area contributed by atoms with Crippen molar-refractivity contribution in [3.05, 3.63) is 41.5 Å². The summed E-state index contributed by atoms with van der Waals surface area (Å²) in [5, 5.41) is 17.5. The Morgan fingerprint density at radius 3 is 2.07 bits per heavy atom. The summed E-state index contributed by atoms with van der Waals surface area (Å²) >= 11 is 0. The number of hydrogen-bond acceptors (Lipinski definition) is 4. The maximum absolute atomic E-state index is 10.7. The highest BCUT2D eigenvalue weighted by Crippen LogP contribution is 2.24. The molecule has 0 saturated heterocycles. The van der Waals surface area contributed by atoms with Gasteiger partial charge in [0.1, 0.15) is 11.5 Å². The molecule has 0 aliphatic heterocycles. The molecule has 0 bridgehead atoms. The van der Waals surface area contributed by atoms with E-state index in [2.05, 4.69) is 26.8 Å². The number of benzene rings is 1. The minimum atomic E-state index is -1.09. The van der Waals surface area contributed by atoms with Gasteiger partial charge in [-0.2, -0.15) is 0 Å². The highest BCUT2D eigenvalue weighted by atomic mass is 16.5. The summed E-state index contributed by atoms with van der Waals surface area (Å²) in [5.41, 5.74) is 2.08. The van der Waals surface area contributed by atoms with Gasteiger partial charge in [-0.3, -0.25) is 0 Å². The van der Waals surface area contributed by atoms with Gasteiger partial charge in [-0.05, 0) is 56.7 Å². The lowest BCUT2D eigenvalue weighted by Gasteiger charge is -2.10. The van der Waals surface area contributed by atoms with Crippen molar-refractivity contribution in [3.63, 3.8) is 0 Å². The third-order valence-electron chi connectivity index (χ3n) is 3.69. The minimum absolute atomic E-state index is 0.316. The van der Waals surface area contributed by atoms with Crippen molar-refractivity contribution < 1.29 is 29.3 Å². The number of carboxylic acid groups (broad SMARTS) is 2. The molecule has 6 nitrogen and oxygen atoms in total. The van der Waals surface area contributed by atoms with Crippen molar-refractivity contribution in [2.75, 3.05) is 13.2 Å². The van der Waals surface area contributed by atoms with Crippen LogP contribution < -0.4 is 9.47 Å². The fraction of sp³-hybridized carbons (Fsp3) is 0.429. The maximum Gasteiger partial charge on any atom is 0.341 e. The lowest BCUT2D eigenvalue weighted by Crippen LogP contribution is -2.11. The van der Waals surface area contributed by atoms with Crippen molar-refractivity contribution in [1.82, 2.24) is 0 Å². The van der Waals surface area contributed by atoms with Gasteiger partial charge in [0.15, 0.2) is 13.2 Å². The first-order valence-electron chi connectivity index (χ1n) is 8.90. The highest BCUT2D eigenvalue weighted by molar-refractivity contribution is 5.69. The molecule has 1 aromatic rings. The molecule has 27 heavy (non-hydrogen) atoms. The number of aliphatic carboxylic acids is 2. The number of allylic oxidation sites excluding steroid dienone is 3. The van der Waals surface area contributed by atoms with Gasteiger partial charge in [-0.1, -0.05) is 30.7 Å². The Bertz CT molecular complexity index is 650. The average molecular weight is 376 g/mol. The van der Waals surface area contributed by atoms with Gasteiger partial charge in [0.2, 0.25) is 0 Å². The quantitative estimate of drug-likeness (QED) is 0.525. The monoisotopic (exact) mass is 376 g/mol. The summed E-state index contributed by atoms with van der Waals surface area (Å²) in [7, 11) is 0. The lowest BCUT2D eigenvalue weighted by molar-refractivity contribution is -0.140. The number of carbonyl (C=O) groups is 2. The van der Waals surface area contributed by atoms with Crippen LogP contribution in [0.25, 0.3) is 6.08 Å². The van der Waals surface area contributed by atoms with Crippen LogP contribution in [0.15, 0.2) is 35.9 Å². The van der Waals surface area contributed by atoms with Crippen LogP contribution in [0.1, 0.15) is 45.6 Å². The van der Waals surface area contributed by atoms with E-state index in [0.717, 1.165) is 24.8 Å². The Kier molecular flexibility index (Phi) is 9.72. The van der Waals surface area contributed by atoms with E-state index in [-0.39, 0.29) is 0 Å². The fourth-order valence-electron chi connectivity index (χ4n) is 2.36. The van der Waals surface area contributed by atoms with Crippen LogP contribution in [0.5, 0.6) is 11.5 Å². The van der Waals surface area contributed by atoms with Crippen LogP contribution in [-0.4, -0.2) is 35.4 Å². The third kappa shape index (κ3) is 10.7. The molecule has 0 aliphatic carbocycles. The Morgan fingerprint density at radius 1 is 1.04 bits per heavy atom. The molecule has 0 aromatic heterocycles. The van der Waals surface area contributed by atoms with Crippen molar-refractivity contribution in [1.29, 1.82) is 0 Å². The molecular formula is C21H28O6. The van der Waals surface area contributed by atoms with E-state index in [1.54, 1.807) is 12.1 Å². The molecule has 1 rings (SSSR count). The van der Waals surface area contributed by atoms with Crippen LogP contribution in [-0.2, 0) is 9.59 Å². The van der Waals surface area contributed by atoms with Gasteiger partial charge in [0, 0.05) is 6.07 Å². The van der Waals surface area contributed by atoms with Crippen LogP contribution in [0.3, 0.4) is 0 Å². The number of carboxylic acids is 2. The molecule has 6 heteroatoms. The van der Waals surface area contributed by atoms with Gasteiger partial charge >= 0.3 is 11.9 Å². The summed E-state index contributed by atoms with van der Waals surface area (Å²) in [6, 6.07) is 4.87. The molecule has 1 atom stereocenters. The van der Waals surface area contributed by atoms with Gasteiger partial charge < -0.3 is 19.7 Å². The normalized spacial score (nSPS) is 11.8. The van der Waals surface area contributed by atoms with E-state index >= 15 is 0 Å². The largest absolute Gasteiger partial charge is 0.482 e. The Labute approximate surface area is 160 Å². The third-order valence-corrected chi connectivity index (χ3v) is 3.69. The van der Waals surface area contributed by atoms with Crippen molar-refractivity contribution in [3.8, 4) is 11.5 Å². The summed E-state index contributed by atoms with van der Waals surface area (Å²) in [4.78, 5) is 21.4. The first-order chi connectivity index (χ1) is 12.8. The van der Waals surface area contributed by atoms with E-state index in [1.165, 1.54) is 11.6 Å². The molecule has 1 unspecified atom stereocenters. The zero-order chi connectivity index (χ0) is 20.2. The Hall–Kier alpha value is -2.76. The first-order valence-corrected chi connectivity index (χ1v) is 8.90. The molecule has 0 aliphatic rings. The van der Waals surface area contributed by atoms with Crippen LogP contribution in [0.4, 0.5) is 0 Å². The minimum Gasteiger partial charge on any atom is -0.482 e. The second-order valence-electron chi connectivity index (χ2n) is 6.70. The maximum atomic E-state index is 10.7. The Balaban J connectivity index is 2.76. The fourth-order valence-corrected chi connectivity index (χ4v) is 2.36. The molecule has 148 valence electrons. The number of hydrogen-bond donors (Lipinski definition) is 2. The molecule has 1 aromatic carbocycles. The van der Waals surface area contributed by atoms with Crippen LogP contribution >= 0.6 is 0 Å². The molecule has 0 spiro atoms. The molecule has 0 amide bonds. The molecule has 0 fully saturated rings. The van der Waals surface area contributed by atoms with Crippen molar-refractivity contribution >= 4 is 18.0 Å². The number of rotatable bonds is 12. The molecular weight excluding hydrogens is 348 g/mol. The summed E-state index contributed by atoms with van der Waals surface area (Å²) in [6.07, 6.45) is 9.24. The van der Waals surface area contributed by atoms with Crippen molar-refractivity contribution in [2.45, 2.75) is 40.0 Å². The summed E-state index contributed by atoms with van der Waals surface area (Å²) in [6.45, 7) is 5.42. The summed E-state index contributed by atoms with van der Waals surface area (Å²) in [5.74, 6) is -1.01. The second kappa shape index (κ2) is 11.8. The van der Waals surface area contributed by atoms with E-state index in [1.807, 2.05) is 12.2 Å². The van der Waals surface area contributed by atoms with Crippen LogP contribution in [0.2, 0.25) is 0 Å². The van der Waals surface area contributed by atoms with Gasteiger partial charge in [0.25, 0.3) is 0 Å². The second-order valence-corrected chi connectivity index (χ2v) is 6.70. The zero-order valence-electron chi connectivity index (χ0n) is 16.1. The summed E-state index contributed by atoms with van der Waals surface area (Å²) < 4.78 is 10.4. The van der Waals surface area contributed by atoms with E-state index < -0.39 is 25.2 Å². The standard InChI is InChI=1S/C21H28O6/c1-15(2)6-4-7-16(3)8-5-9-17-10-18(26-13-20(22)23)12-19(11-17)27-14-21(24)25/h5-6,9-12,16H,4,7-8,13-14H2,1-3H3,(H,22,23)(H,24,25). The lowest BCUT2D eigenvalue weighted by atomic mass is 10.00. The van der Waals surface area contributed by atoms with Gasteiger partial charge in [-0.15, -0.1) is 0 Å². The molecule has 2 N–H and O–H groups in total. The first kappa shape index (κ1) is 22.3. The van der Waals surface area contributed by atoms with E-state index in [0.29, 0.717) is 17.4 Å². The van der Waals surface area contributed by atoms with E-state index in [9.17, 15) is 9.59 Å². The molecule has 0 heterocycles. The van der Waals surface area contributed by atoms with Gasteiger partial charge in [-0.25, -0.2) is 9.59 Å². The average Bonchev–Trinajstić information content (AvgIpc) is 2.58. The topological polar surface area (TPSA) is 93.1 Å². The zero-order valence-corrected chi connectivity index (χ0v) is 16.1. The molecule has 0 saturated carbocycles. The number of ether oxygens (including phenoxy) is 2. The smallest absolute Gasteiger partial charge is 0.341 e. The highest BCUT2D eigenvalue weighted by Gasteiger charge is 2.06. The van der Waals surface area contributed by atoms with Crippen molar-refractivity contribution in [2.24, 2.45) is 5.92 Å². The SMILES string of the molecule is CC(C)=CCCC(C)CC=Cc1cc(OCC(=O)O)cc(OCC(=O)O)c1. The predicted octanol–water partition coefficient (Wildman–Crippen LogP) is 4.40. The molecule has 0 radical (unpaired) electrons. The van der Waals surface area contributed by atoms with Crippen LogP contribution in [0, 0.1) is 5.92 Å². The Morgan fingerprint density at radius 2 is 1.59 bits per heavy atom. The van der Waals surface area contributed by atoms with E-state index in [4.69, 9.17) is 19.7 Å². The van der Waals surface area contributed by atoms with Gasteiger partial charge in [0.05, 0.1) is 0 Å².